The predicted molar refractivity (Wildman–Crippen MR) is 48.3 cm³/mol. The lowest BCUT2D eigenvalue weighted by molar-refractivity contribution is -0.226. The molecule has 0 saturated carbocycles. The van der Waals surface area contributed by atoms with E-state index in [1.807, 2.05) is 0 Å². The van der Waals surface area contributed by atoms with Crippen LogP contribution in [0.15, 0.2) is 30.3 Å². The second-order valence-electron chi connectivity index (χ2n) is 2.97. The monoisotopic (exact) mass is 234 g/mol. The molecule has 0 radical (unpaired) electrons. The number of ether oxygens (including phenoxy) is 1. The van der Waals surface area contributed by atoms with Crippen LogP contribution in [0.25, 0.3) is 0 Å². The summed E-state index contributed by atoms with van der Waals surface area (Å²) < 4.78 is 42.1. The van der Waals surface area contributed by atoms with E-state index in [-0.39, 0.29) is 5.56 Å². The van der Waals surface area contributed by atoms with Gasteiger partial charge in [-0.05, 0) is 0 Å². The number of hydrogen-bond donors (Lipinski definition) is 0. The van der Waals surface area contributed by atoms with Gasteiger partial charge in [0, 0.05) is 17.2 Å². The molecule has 0 spiro atoms. The first-order valence-electron chi connectivity index (χ1n) is 4.31. The molecular weight excluding hydrogens is 225 g/mol. The van der Waals surface area contributed by atoms with Crippen molar-refractivity contribution in [3.8, 4) is 0 Å². The number of halogens is 3. The first-order valence-corrected chi connectivity index (χ1v) is 4.31. The summed E-state index contributed by atoms with van der Waals surface area (Å²) in [7, 11) is 0.885. The highest BCUT2D eigenvalue weighted by molar-refractivity contribution is 5.81. The van der Waals surface area contributed by atoms with Crippen molar-refractivity contribution in [3.63, 3.8) is 0 Å². The van der Waals surface area contributed by atoms with Crippen molar-refractivity contribution in [1.29, 1.82) is 0 Å². The van der Waals surface area contributed by atoms with Gasteiger partial charge in [0.05, 0.1) is 0 Å². The number of benzene rings is 1. The van der Waals surface area contributed by atoms with Gasteiger partial charge in [0.2, 0.25) is 0 Å². The van der Waals surface area contributed by atoms with E-state index in [0.717, 1.165) is 7.11 Å². The fourth-order valence-corrected chi connectivity index (χ4v) is 1.37. The minimum Gasteiger partial charge on any atom is -0.357 e. The van der Waals surface area contributed by atoms with Crippen molar-refractivity contribution in [2.75, 3.05) is 7.11 Å². The van der Waals surface area contributed by atoms with Gasteiger partial charge >= 0.3 is 5.97 Å². The second kappa shape index (κ2) is 4.98. The quantitative estimate of drug-likeness (QED) is 0.801. The van der Waals surface area contributed by atoms with Gasteiger partial charge in [0.1, 0.15) is 0 Å². The standard InChI is InChI=1S/C10H9F3O3/c1-15-10(8(11)12,9(14)16-13)7-5-3-2-4-6-7/h2-6,8H,1H3. The van der Waals surface area contributed by atoms with Crippen molar-refractivity contribution in [2.24, 2.45) is 0 Å². The lowest BCUT2D eigenvalue weighted by atomic mass is 9.94. The molecule has 16 heavy (non-hydrogen) atoms. The maximum absolute atomic E-state index is 12.9. The fraction of sp³-hybridized carbons (Fsp3) is 0.300. The van der Waals surface area contributed by atoms with Crippen molar-refractivity contribution in [3.05, 3.63) is 35.9 Å². The molecular formula is C10H9F3O3. The zero-order valence-electron chi connectivity index (χ0n) is 8.32. The van der Waals surface area contributed by atoms with Gasteiger partial charge in [0.15, 0.2) is 0 Å². The van der Waals surface area contributed by atoms with Crippen LogP contribution in [0.2, 0.25) is 0 Å². The van der Waals surface area contributed by atoms with Crippen molar-refractivity contribution >= 4 is 5.97 Å². The van der Waals surface area contributed by atoms with E-state index >= 15 is 0 Å². The van der Waals surface area contributed by atoms with E-state index in [2.05, 4.69) is 9.68 Å². The van der Waals surface area contributed by atoms with Gasteiger partial charge in [-0.15, -0.1) is 0 Å². The van der Waals surface area contributed by atoms with Crippen LogP contribution in [0.4, 0.5) is 13.3 Å². The minimum atomic E-state index is -3.25. The molecule has 0 amide bonds. The Morgan fingerprint density at radius 2 is 1.88 bits per heavy atom. The largest absolute Gasteiger partial charge is 0.390 e. The smallest absolute Gasteiger partial charge is 0.357 e. The molecule has 3 nitrogen and oxygen atoms in total. The third kappa shape index (κ3) is 1.88. The lowest BCUT2D eigenvalue weighted by Gasteiger charge is -2.27. The number of alkyl halides is 2. The SMILES string of the molecule is COC(C(=O)OF)(c1ccccc1)C(F)F. The van der Waals surface area contributed by atoms with Crippen LogP contribution in [-0.2, 0) is 20.1 Å². The molecule has 1 aromatic carbocycles. The Labute approximate surface area is 89.7 Å². The Hall–Kier alpha value is -1.56. The average molecular weight is 234 g/mol. The molecule has 1 unspecified atom stereocenters. The highest BCUT2D eigenvalue weighted by atomic mass is 19.3. The zero-order chi connectivity index (χ0) is 12.2. The first kappa shape index (κ1) is 12.5. The van der Waals surface area contributed by atoms with Gasteiger partial charge in [-0.3, -0.25) is 4.94 Å². The highest BCUT2D eigenvalue weighted by Gasteiger charge is 2.52. The normalized spacial score (nSPS) is 14.6. The van der Waals surface area contributed by atoms with E-state index < -0.39 is 18.0 Å². The number of rotatable bonds is 4. The molecule has 0 aliphatic rings. The van der Waals surface area contributed by atoms with E-state index in [1.54, 1.807) is 6.07 Å². The molecule has 6 heteroatoms. The van der Waals surface area contributed by atoms with Gasteiger partial charge < -0.3 is 4.74 Å². The number of carbonyl (C=O) groups excluding carboxylic acids is 1. The van der Waals surface area contributed by atoms with Gasteiger partial charge in [-0.1, -0.05) is 30.3 Å². The molecule has 1 atom stereocenters. The predicted octanol–water partition coefficient (Wildman–Crippen LogP) is 2.22. The highest BCUT2D eigenvalue weighted by Crippen LogP contribution is 2.33. The fourth-order valence-electron chi connectivity index (χ4n) is 1.37. The third-order valence-corrected chi connectivity index (χ3v) is 2.21. The molecule has 0 saturated heterocycles. The van der Waals surface area contributed by atoms with Crippen molar-refractivity contribution < 1.29 is 27.8 Å². The maximum Gasteiger partial charge on any atom is 0.390 e. The summed E-state index contributed by atoms with van der Waals surface area (Å²) in [6.07, 6.45) is -3.25. The number of methoxy groups -OCH3 is 1. The van der Waals surface area contributed by atoms with Gasteiger partial charge in [0.25, 0.3) is 12.0 Å². The van der Waals surface area contributed by atoms with E-state index in [4.69, 9.17) is 0 Å². The van der Waals surface area contributed by atoms with Crippen molar-refractivity contribution in [2.45, 2.75) is 12.0 Å². The van der Waals surface area contributed by atoms with Crippen LogP contribution < -0.4 is 0 Å². The van der Waals surface area contributed by atoms with Crippen LogP contribution in [0.3, 0.4) is 0 Å². The van der Waals surface area contributed by atoms with E-state index in [1.165, 1.54) is 24.3 Å². The van der Waals surface area contributed by atoms with Crippen LogP contribution in [-0.4, -0.2) is 19.5 Å². The van der Waals surface area contributed by atoms with E-state index in [9.17, 15) is 18.1 Å². The van der Waals surface area contributed by atoms with Crippen LogP contribution in [0, 0.1) is 0 Å². The molecule has 0 fully saturated rings. The summed E-state index contributed by atoms with van der Waals surface area (Å²) in [5, 5.41) is 0. The topological polar surface area (TPSA) is 35.5 Å². The molecule has 1 aromatic rings. The van der Waals surface area contributed by atoms with Crippen molar-refractivity contribution in [1.82, 2.24) is 0 Å². The molecule has 0 aliphatic carbocycles. The van der Waals surface area contributed by atoms with Gasteiger partial charge in [-0.25, -0.2) is 13.6 Å². The molecule has 88 valence electrons. The van der Waals surface area contributed by atoms with Crippen LogP contribution in [0.1, 0.15) is 5.56 Å². The summed E-state index contributed by atoms with van der Waals surface area (Å²) in [5.41, 5.74) is -2.90. The Balaban J connectivity index is 3.29. The Kier molecular flexibility index (Phi) is 3.89. The summed E-state index contributed by atoms with van der Waals surface area (Å²) in [4.78, 5) is 14.0. The number of carbonyl (C=O) groups is 1. The van der Waals surface area contributed by atoms with Crippen LogP contribution in [0.5, 0.6) is 0 Å². The summed E-state index contributed by atoms with van der Waals surface area (Å²) in [5.74, 6) is -1.78. The zero-order valence-corrected chi connectivity index (χ0v) is 8.32. The Bertz CT molecular complexity index is 356. The summed E-state index contributed by atoms with van der Waals surface area (Å²) >= 11 is 0. The number of hydrogen-bond acceptors (Lipinski definition) is 3. The molecule has 1 rings (SSSR count). The molecule has 0 aromatic heterocycles. The summed E-state index contributed by atoms with van der Waals surface area (Å²) in [6.45, 7) is 0. The third-order valence-electron chi connectivity index (χ3n) is 2.21. The second-order valence-corrected chi connectivity index (χ2v) is 2.97. The van der Waals surface area contributed by atoms with E-state index in [0.29, 0.717) is 0 Å². The maximum atomic E-state index is 12.9. The molecule has 0 N–H and O–H groups in total. The molecule has 0 bridgehead atoms. The first-order chi connectivity index (χ1) is 7.59. The Morgan fingerprint density at radius 1 is 1.31 bits per heavy atom. The Morgan fingerprint density at radius 3 is 2.25 bits per heavy atom. The average Bonchev–Trinajstić information content (AvgIpc) is 2.31. The lowest BCUT2D eigenvalue weighted by Crippen LogP contribution is -2.45. The minimum absolute atomic E-state index is 0.171. The molecule has 0 aliphatic heterocycles. The van der Waals surface area contributed by atoms with Crippen LogP contribution >= 0.6 is 0 Å². The molecule has 0 heterocycles. The van der Waals surface area contributed by atoms with Gasteiger partial charge in [-0.2, -0.15) is 0 Å². The summed E-state index contributed by atoms with van der Waals surface area (Å²) in [6, 6.07) is 6.88.